The number of rotatable bonds is 5. The van der Waals surface area contributed by atoms with Crippen LogP contribution < -0.4 is 14.2 Å². The van der Waals surface area contributed by atoms with E-state index in [4.69, 9.17) is 19.2 Å². The maximum Gasteiger partial charge on any atom is 0.257 e. The molecule has 8 nitrogen and oxygen atoms in total. The van der Waals surface area contributed by atoms with Crippen molar-refractivity contribution in [3.05, 3.63) is 30.1 Å². The van der Waals surface area contributed by atoms with Crippen molar-refractivity contribution in [2.24, 2.45) is 0 Å². The van der Waals surface area contributed by atoms with Crippen LogP contribution in [0.1, 0.15) is 23.2 Å². The van der Waals surface area contributed by atoms with E-state index < -0.39 is 0 Å². The average Bonchev–Trinajstić information content (AvgIpc) is 3.41. The Kier molecular flexibility index (Phi) is 4.77. The highest BCUT2D eigenvalue weighted by Gasteiger charge is 2.24. The zero-order chi connectivity index (χ0) is 19.7. The average molecular weight is 382 g/mol. The Bertz CT molecular complexity index is 999. The lowest BCUT2D eigenvalue weighted by molar-refractivity contribution is 0.0794. The predicted octanol–water partition coefficient (Wildman–Crippen LogP) is 2.89. The Balaban J connectivity index is 1.79. The summed E-state index contributed by atoms with van der Waals surface area (Å²) in [6.45, 7) is 1.57. The molecule has 0 aliphatic carbocycles. The van der Waals surface area contributed by atoms with E-state index in [2.05, 4.69) is 9.97 Å². The molecule has 0 radical (unpaired) electrons. The number of amides is 1. The second kappa shape index (κ2) is 7.38. The quantitative estimate of drug-likeness (QED) is 0.730. The normalized spacial score (nSPS) is 13.8. The number of benzene rings is 1. The summed E-state index contributed by atoms with van der Waals surface area (Å²) in [5.41, 5.74) is 3.05. The highest BCUT2D eigenvalue weighted by molar-refractivity contribution is 6.04. The van der Waals surface area contributed by atoms with E-state index in [1.807, 2.05) is 17.0 Å². The first-order valence-electron chi connectivity index (χ1n) is 9.10. The van der Waals surface area contributed by atoms with Crippen LogP contribution in [0.2, 0.25) is 0 Å². The minimum absolute atomic E-state index is 0.0138. The van der Waals surface area contributed by atoms with E-state index in [1.54, 1.807) is 33.7 Å². The van der Waals surface area contributed by atoms with Crippen LogP contribution in [0.3, 0.4) is 0 Å². The molecule has 1 fully saturated rings. The Morgan fingerprint density at radius 1 is 1.07 bits per heavy atom. The lowest BCUT2D eigenvalue weighted by Crippen LogP contribution is -2.27. The fourth-order valence-electron chi connectivity index (χ4n) is 3.51. The molecule has 0 bridgehead atoms. The summed E-state index contributed by atoms with van der Waals surface area (Å²) in [7, 11) is 4.69. The minimum atomic E-state index is -0.0138. The number of aromatic amines is 1. The lowest BCUT2D eigenvalue weighted by Gasteiger charge is -2.15. The number of nitrogens with zero attached hydrogens (tertiary/aromatic N) is 3. The van der Waals surface area contributed by atoms with Crippen LogP contribution in [0.5, 0.6) is 17.2 Å². The van der Waals surface area contributed by atoms with Gasteiger partial charge in [0.25, 0.3) is 5.91 Å². The minimum Gasteiger partial charge on any atom is -0.493 e. The van der Waals surface area contributed by atoms with Gasteiger partial charge in [-0.2, -0.15) is 0 Å². The molecule has 0 atom stereocenters. The predicted molar refractivity (Wildman–Crippen MR) is 104 cm³/mol. The molecule has 8 heteroatoms. The van der Waals surface area contributed by atoms with Gasteiger partial charge in [0.15, 0.2) is 17.1 Å². The van der Waals surface area contributed by atoms with Crippen molar-refractivity contribution in [1.82, 2.24) is 19.9 Å². The number of aromatic nitrogens is 3. The molecular weight excluding hydrogens is 360 g/mol. The van der Waals surface area contributed by atoms with E-state index in [-0.39, 0.29) is 5.91 Å². The summed E-state index contributed by atoms with van der Waals surface area (Å²) in [5.74, 6) is 1.55. The van der Waals surface area contributed by atoms with E-state index >= 15 is 0 Å². The van der Waals surface area contributed by atoms with Gasteiger partial charge in [0, 0.05) is 24.8 Å². The number of fused-ring (bicyclic) bond motifs is 1. The Morgan fingerprint density at radius 2 is 1.75 bits per heavy atom. The molecule has 3 aromatic rings. The molecule has 28 heavy (non-hydrogen) atoms. The Labute approximate surface area is 162 Å². The summed E-state index contributed by atoms with van der Waals surface area (Å²) in [5, 5.41) is 0. The largest absolute Gasteiger partial charge is 0.493 e. The molecule has 0 saturated carbocycles. The Hall–Kier alpha value is -3.29. The molecule has 3 heterocycles. The van der Waals surface area contributed by atoms with Gasteiger partial charge in [0.2, 0.25) is 5.75 Å². The molecular formula is C20H22N4O4. The molecule has 1 aliphatic rings. The van der Waals surface area contributed by atoms with Gasteiger partial charge in [-0.15, -0.1) is 0 Å². The van der Waals surface area contributed by atoms with Crippen molar-refractivity contribution in [1.29, 1.82) is 0 Å². The summed E-state index contributed by atoms with van der Waals surface area (Å²) < 4.78 is 16.2. The molecule has 1 aliphatic heterocycles. The third-order valence-electron chi connectivity index (χ3n) is 4.97. The standard InChI is InChI=1S/C20H22N4O4/c1-26-15-8-12(9-16(27-2)18(15)28-3)14-11-22-19-17(23-14)13(10-21-19)20(25)24-6-4-5-7-24/h8-11H,4-7H2,1-3H3,(H,21,22). The maximum atomic E-state index is 12.8. The van der Waals surface area contributed by atoms with E-state index in [9.17, 15) is 4.79 Å². The van der Waals surface area contributed by atoms with Gasteiger partial charge in [-0.05, 0) is 25.0 Å². The first-order chi connectivity index (χ1) is 13.7. The number of methoxy groups -OCH3 is 3. The number of nitrogens with one attached hydrogen (secondary N) is 1. The van der Waals surface area contributed by atoms with Crippen molar-refractivity contribution >= 4 is 17.1 Å². The van der Waals surface area contributed by atoms with E-state index in [1.165, 1.54) is 0 Å². The maximum absolute atomic E-state index is 12.8. The zero-order valence-electron chi connectivity index (χ0n) is 16.1. The number of H-pyrrole nitrogens is 1. The lowest BCUT2D eigenvalue weighted by atomic mass is 10.1. The van der Waals surface area contributed by atoms with Crippen LogP contribution in [0.15, 0.2) is 24.5 Å². The number of hydrogen-bond donors (Lipinski definition) is 1. The van der Waals surface area contributed by atoms with Gasteiger partial charge < -0.3 is 24.1 Å². The molecule has 4 rings (SSSR count). The molecule has 1 aromatic carbocycles. The number of hydrogen-bond acceptors (Lipinski definition) is 6. The van der Waals surface area contributed by atoms with Crippen LogP contribution in [-0.4, -0.2) is 60.2 Å². The summed E-state index contributed by atoms with van der Waals surface area (Å²) in [4.78, 5) is 26.9. The van der Waals surface area contributed by atoms with E-state index in [0.717, 1.165) is 31.5 Å². The van der Waals surface area contributed by atoms with Crippen molar-refractivity contribution in [3.63, 3.8) is 0 Å². The van der Waals surface area contributed by atoms with Gasteiger partial charge in [0.1, 0.15) is 5.52 Å². The fraction of sp³-hybridized carbons (Fsp3) is 0.350. The first-order valence-corrected chi connectivity index (χ1v) is 9.10. The van der Waals surface area contributed by atoms with Crippen LogP contribution in [0.4, 0.5) is 0 Å². The van der Waals surface area contributed by atoms with Gasteiger partial charge >= 0.3 is 0 Å². The molecule has 146 valence electrons. The number of carbonyl (C=O) groups excluding carboxylic acids is 1. The highest BCUT2D eigenvalue weighted by Crippen LogP contribution is 2.41. The molecule has 1 saturated heterocycles. The van der Waals surface area contributed by atoms with Crippen molar-refractivity contribution in [2.45, 2.75) is 12.8 Å². The van der Waals surface area contributed by atoms with Crippen molar-refractivity contribution in [3.8, 4) is 28.5 Å². The first kappa shape index (κ1) is 18.1. The zero-order valence-corrected chi connectivity index (χ0v) is 16.1. The second-order valence-corrected chi connectivity index (χ2v) is 6.57. The van der Waals surface area contributed by atoms with Gasteiger partial charge in [-0.25, -0.2) is 9.97 Å². The van der Waals surface area contributed by atoms with Gasteiger partial charge in [-0.1, -0.05) is 0 Å². The van der Waals surface area contributed by atoms with Gasteiger partial charge in [0.05, 0.1) is 38.8 Å². The molecule has 0 spiro atoms. The van der Waals surface area contributed by atoms with E-state index in [0.29, 0.717) is 39.7 Å². The van der Waals surface area contributed by atoms with Crippen molar-refractivity contribution < 1.29 is 19.0 Å². The third kappa shape index (κ3) is 3.00. The van der Waals surface area contributed by atoms with Crippen LogP contribution in [0, 0.1) is 0 Å². The topological polar surface area (TPSA) is 89.6 Å². The van der Waals surface area contributed by atoms with Gasteiger partial charge in [-0.3, -0.25) is 4.79 Å². The van der Waals surface area contributed by atoms with Crippen LogP contribution in [-0.2, 0) is 0 Å². The summed E-state index contributed by atoms with van der Waals surface area (Å²) >= 11 is 0. The SMILES string of the molecule is COc1cc(-c2cnc3[nH]cc(C(=O)N4CCCC4)c3n2)cc(OC)c1OC. The monoisotopic (exact) mass is 382 g/mol. The molecule has 0 unspecified atom stereocenters. The second-order valence-electron chi connectivity index (χ2n) is 6.57. The molecule has 2 aromatic heterocycles. The molecule has 1 N–H and O–H groups in total. The van der Waals surface area contributed by atoms with Crippen LogP contribution in [0.25, 0.3) is 22.4 Å². The van der Waals surface area contributed by atoms with Crippen molar-refractivity contribution in [2.75, 3.05) is 34.4 Å². The number of likely N-dealkylation sites (tertiary alicyclic amines) is 1. The summed E-state index contributed by atoms with van der Waals surface area (Å²) in [6, 6.07) is 3.62. The molecule has 1 amide bonds. The summed E-state index contributed by atoms with van der Waals surface area (Å²) in [6.07, 6.45) is 5.42. The fourth-order valence-corrected chi connectivity index (χ4v) is 3.51. The Morgan fingerprint density at radius 3 is 2.36 bits per heavy atom. The third-order valence-corrected chi connectivity index (χ3v) is 4.97. The number of carbonyl (C=O) groups is 1. The van der Waals surface area contributed by atoms with Crippen LogP contribution >= 0.6 is 0 Å². The highest BCUT2D eigenvalue weighted by atomic mass is 16.5. The number of ether oxygens (including phenoxy) is 3. The smallest absolute Gasteiger partial charge is 0.257 e.